The summed E-state index contributed by atoms with van der Waals surface area (Å²) >= 11 is 12.4. The van der Waals surface area contributed by atoms with E-state index >= 15 is 0 Å². The molecule has 34 heteroatoms. The number of halogens is 2. The Balaban J connectivity index is 0.000000245. The molecule has 2 aliphatic rings. The van der Waals surface area contributed by atoms with E-state index in [9.17, 15) is 50.7 Å². The number of anilines is 2. The van der Waals surface area contributed by atoms with Crippen LogP contribution in [-0.4, -0.2) is 216 Å². The predicted octanol–water partition coefficient (Wildman–Crippen LogP) is 18.9. The van der Waals surface area contributed by atoms with Gasteiger partial charge in [-0.3, -0.25) is 9.03 Å². The van der Waals surface area contributed by atoms with E-state index in [1.807, 2.05) is 170 Å². The highest BCUT2D eigenvalue weighted by molar-refractivity contribution is 7.92. The van der Waals surface area contributed by atoms with E-state index in [0.717, 1.165) is 46.0 Å². The number of benzene rings is 8. The zero-order chi connectivity index (χ0) is 102. The number of rotatable bonds is 34. The Hall–Kier alpha value is -10.7. The molecular weight excluding hydrogens is 1860 g/mol. The number of aliphatic hydroxyl groups excluding tert-OH is 4. The zero-order valence-corrected chi connectivity index (χ0v) is 85.4. The summed E-state index contributed by atoms with van der Waals surface area (Å²) < 4.78 is 121. The first-order valence-corrected chi connectivity index (χ1v) is 49.9. The second-order valence-electron chi connectivity index (χ2n) is 35.8. The molecule has 12 rings (SSSR count). The lowest BCUT2D eigenvalue weighted by atomic mass is 9.87. The number of aryl methyl sites for hydroxylation is 2. The molecule has 7 atom stereocenters. The van der Waals surface area contributed by atoms with Crippen LogP contribution in [0, 0.1) is 27.7 Å². The number of aromatic amines is 2. The Morgan fingerprint density at radius 1 is 0.500 bits per heavy atom. The minimum Gasteiger partial charge on any atom is -0.467 e. The van der Waals surface area contributed by atoms with Crippen molar-refractivity contribution in [1.82, 2.24) is 9.97 Å². The van der Waals surface area contributed by atoms with Crippen molar-refractivity contribution in [1.29, 1.82) is 0 Å². The van der Waals surface area contributed by atoms with Crippen LogP contribution in [0.1, 0.15) is 215 Å². The van der Waals surface area contributed by atoms with E-state index in [2.05, 4.69) is 14.7 Å². The number of aliphatic hydroxyl groups is 4. The maximum Gasteiger partial charge on any atom is 0.339 e. The smallest absolute Gasteiger partial charge is 0.339 e. The molecule has 4 heterocycles. The molecule has 0 radical (unpaired) electrons. The summed E-state index contributed by atoms with van der Waals surface area (Å²) in [5.74, 6) is -3.71. The molecule has 2 aromatic heterocycles. The van der Waals surface area contributed by atoms with Crippen LogP contribution >= 0.6 is 23.2 Å². The number of hydrogen-bond acceptors (Lipinski definition) is 26. The first-order valence-electron chi connectivity index (χ1n) is 45.4. The molecule has 30 nitrogen and oxygen atoms in total. The number of aromatic nitrogens is 2. The fourth-order valence-electron chi connectivity index (χ4n) is 14.9. The number of methoxy groups -OCH3 is 2. The SMILES string of the molecule is CC1(C)OC[C@@H](CCO)O1.CC1(C)OC[C@@H](CCOC(=O)c2ccccc2)O1.CC[C@H](CCOC(=O)c1ccccc1)N(c1c(C)c([C@H](OC(C)(C)C)C(=O)OC)c(-c2ccc(Cl)cc2)c2cc(C)[nH]c12)S(C)(=O)=O.CC[C@H](O)CCOC(=O)c1ccccc1.COC(=O)[C@@H](OC(C)(C)C)c1c(C)c(NS(C)(=O)=O)c2[nH]c(C)cc2c1-c1ccc(Cl)cc1.O=C(OCC[C@@H](O)CO)c1ccccc1. The molecule has 0 amide bonds. The van der Waals surface area contributed by atoms with Crippen molar-refractivity contribution >= 4 is 112 Å². The van der Waals surface area contributed by atoms with E-state index in [0.29, 0.717) is 140 Å². The number of H-pyrrole nitrogens is 2. The monoisotopic (exact) mass is 1990 g/mol. The minimum absolute atomic E-state index is 0.00215. The first-order chi connectivity index (χ1) is 65.0. The third-order valence-corrected chi connectivity index (χ3v) is 23.5. The van der Waals surface area contributed by atoms with Crippen LogP contribution < -0.4 is 9.03 Å². The Morgan fingerprint density at radius 2 is 0.855 bits per heavy atom. The van der Waals surface area contributed by atoms with Gasteiger partial charge in [0.1, 0.15) is 0 Å². The standard InChI is InChI=1S/C36H43ClN2O7S.C24H29ClN2O5S.C14H18O4.C12H16O3.C11H14O4.C7H14O3/c1-9-27(19-20-45-34(40)25-13-11-10-12-14-25)39(47(8,42)43)32-23(3)29(33(35(41)44-7)46-36(4,5)6)30(24-15-17-26(37)18-16-24)28-21-22(2)38-31(28)32;1-13-12-17-19(15-8-10-16(25)11-9-15)18(22(23(28)31-6)32-24(3,4)5)14(2)20(21(17)26-13)27-33(7,29)30;1-14(2)17-10-12(18-14)8-9-16-13(15)11-6-4-3-5-7-11;1-2-11(13)8-9-15-12(14)10-6-4-3-5-7-10;12-8-10(13)6-7-15-11(14)9-4-2-1-3-5-9;1-7(2)9-5-6(10-7)3-4-8/h10-18,21,27,33,38H,9,19-20H2,1-8H3;8-12,22,26-27H,1-7H3;3-7,12H,8-10H2,1-2H3;3-7,11,13H,2,8-9H2,1H3;1-5,10,12-13H,6-8H2;6,8H,3-5H2,1-2H3/t27-,33+;22-;12-;11-;10-;6-/m101011/s1. The summed E-state index contributed by atoms with van der Waals surface area (Å²) in [5.41, 5.74) is 9.21. The molecule has 0 saturated carbocycles. The van der Waals surface area contributed by atoms with Crippen LogP contribution in [0.4, 0.5) is 11.4 Å². The lowest BCUT2D eigenvalue weighted by Crippen LogP contribution is -2.41. The number of hydrogen-bond donors (Lipinski definition) is 7. The highest BCUT2D eigenvalue weighted by Crippen LogP contribution is 2.49. The van der Waals surface area contributed by atoms with Gasteiger partial charge in [0, 0.05) is 81.7 Å². The van der Waals surface area contributed by atoms with Crippen LogP contribution in [0.5, 0.6) is 0 Å². The van der Waals surface area contributed by atoms with Gasteiger partial charge in [-0.2, -0.15) is 0 Å². The number of esters is 6. The normalized spacial score (nSPS) is 15.4. The topological polar surface area (TPSA) is 409 Å². The Kier molecular flexibility index (Phi) is 44.0. The number of nitrogens with zero attached hydrogens (tertiary/aromatic N) is 1. The minimum atomic E-state index is -3.92. The molecular formula is C104H134Cl2N4O26S2. The van der Waals surface area contributed by atoms with Crippen LogP contribution in [0.2, 0.25) is 10.0 Å². The van der Waals surface area contributed by atoms with E-state index < -0.39 is 91.1 Å². The molecule has 752 valence electrons. The van der Waals surface area contributed by atoms with Crippen LogP contribution in [0.25, 0.3) is 44.1 Å². The summed E-state index contributed by atoms with van der Waals surface area (Å²) in [6.07, 6.45) is 2.23. The lowest BCUT2D eigenvalue weighted by molar-refractivity contribution is -0.164. The maximum atomic E-state index is 13.8. The maximum absolute atomic E-state index is 13.8. The average molecular weight is 1990 g/mol. The van der Waals surface area contributed by atoms with Gasteiger partial charge in [0.2, 0.25) is 20.0 Å². The molecule has 7 N–H and O–H groups in total. The van der Waals surface area contributed by atoms with Crippen molar-refractivity contribution in [2.45, 2.75) is 221 Å². The van der Waals surface area contributed by atoms with Gasteiger partial charge in [0.15, 0.2) is 23.8 Å². The highest BCUT2D eigenvalue weighted by atomic mass is 35.5. The van der Waals surface area contributed by atoms with E-state index in [1.54, 1.807) is 123 Å². The summed E-state index contributed by atoms with van der Waals surface area (Å²) in [4.78, 5) is 80.3. The number of carbonyl (C=O) groups is 6. The molecule has 138 heavy (non-hydrogen) atoms. The number of sulfonamides is 2. The Morgan fingerprint density at radius 3 is 1.19 bits per heavy atom. The third kappa shape index (κ3) is 35.6. The lowest BCUT2D eigenvalue weighted by Gasteiger charge is -2.35. The average Bonchev–Trinajstić information content (AvgIpc) is 1.45. The van der Waals surface area contributed by atoms with Gasteiger partial charge in [0.25, 0.3) is 0 Å². The van der Waals surface area contributed by atoms with Crippen LogP contribution in [-0.2, 0) is 86.5 Å². The highest BCUT2D eigenvalue weighted by Gasteiger charge is 2.41. The van der Waals surface area contributed by atoms with Gasteiger partial charge < -0.3 is 87.2 Å². The Bertz CT molecular complexity index is 5770. The molecule has 8 aromatic carbocycles. The number of nitrogens with one attached hydrogen (secondary N) is 3. The van der Waals surface area contributed by atoms with Crippen LogP contribution in [0.3, 0.4) is 0 Å². The molecule has 10 aromatic rings. The third-order valence-electron chi connectivity index (χ3n) is 21.3. The van der Waals surface area contributed by atoms with Gasteiger partial charge in [-0.05, 0) is 235 Å². The summed E-state index contributed by atoms with van der Waals surface area (Å²) in [6.45, 7) is 31.4. The predicted molar refractivity (Wildman–Crippen MR) is 534 cm³/mol. The summed E-state index contributed by atoms with van der Waals surface area (Å²) in [5, 5.41) is 37.9. The first kappa shape index (κ1) is 114. The van der Waals surface area contributed by atoms with E-state index in [-0.39, 0.29) is 76.1 Å². The molecule has 2 saturated heterocycles. The van der Waals surface area contributed by atoms with Crippen molar-refractivity contribution in [2.24, 2.45) is 0 Å². The number of fused-ring (bicyclic) bond motifs is 2. The second-order valence-corrected chi connectivity index (χ2v) is 40.3. The fourth-order valence-corrected chi connectivity index (χ4v) is 17.1. The van der Waals surface area contributed by atoms with Gasteiger partial charge >= 0.3 is 35.8 Å². The van der Waals surface area contributed by atoms with Crippen molar-refractivity contribution in [3.8, 4) is 22.3 Å². The molecule has 0 aliphatic carbocycles. The van der Waals surface area contributed by atoms with Gasteiger partial charge in [-0.25, -0.2) is 45.6 Å². The summed E-state index contributed by atoms with van der Waals surface area (Å²) in [7, 11) is -4.94. The number of ether oxygens (including phenoxy) is 12. The molecule has 0 spiro atoms. The van der Waals surface area contributed by atoms with E-state index in [1.165, 1.54) is 18.5 Å². The van der Waals surface area contributed by atoms with Crippen LogP contribution in [0.15, 0.2) is 182 Å². The molecule has 0 unspecified atom stereocenters. The number of carbonyl (C=O) groups excluding carboxylic acids is 6. The quantitative estimate of drug-likeness (QED) is 0.0145. The molecule has 2 fully saturated rings. The van der Waals surface area contributed by atoms with Crippen molar-refractivity contribution in [2.75, 3.05) is 88.6 Å². The van der Waals surface area contributed by atoms with Crippen molar-refractivity contribution < 1.29 is 123 Å². The zero-order valence-electron chi connectivity index (χ0n) is 82.3. The van der Waals surface area contributed by atoms with Gasteiger partial charge in [0.05, 0.1) is 153 Å². The van der Waals surface area contributed by atoms with E-state index in [4.69, 9.17) is 95.4 Å². The Labute approximate surface area is 820 Å². The fraction of sp³-hybridized carbons (Fsp3) is 0.442. The van der Waals surface area contributed by atoms with Crippen molar-refractivity contribution in [3.63, 3.8) is 0 Å². The molecule has 0 bridgehead atoms. The molecule has 2 aliphatic heterocycles. The summed E-state index contributed by atoms with van der Waals surface area (Å²) in [6, 6.07) is 52.8. The second kappa shape index (κ2) is 53.1. The van der Waals surface area contributed by atoms with Gasteiger partial charge in [-0.1, -0.05) is 134 Å². The largest absolute Gasteiger partial charge is 0.467 e. The van der Waals surface area contributed by atoms with Crippen molar-refractivity contribution in [3.05, 3.63) is 248 Å². The van der Waals surface area contributed by atoms with Gasteiger partial charge in [-0.15, -0.1) is 0 Å².